The fourth-order valence-corrected chi connectivity index (χ4v) is 1.81. The molecular weight excluding hydrogens is 236 g/mol. The Morgan fingerprint density at radius 2 is 2.06 bits per heavy atom. The van der Waals surface area contributed by atoms with Gasteiger partial charge in [-0.25, -0.2) is 9.50 Å². The van der Waals surface area contributed by atoms with Gasteiger partial charge in [0.15, 0.2) is 11.5 Å². The van der Waals surface area contributed by atoms with Crippen molar-refractivity contribution in [2.24, 2.45) is 0 Å². The van der Waals surface area contributed by atoms with Gasteiger partial charge in [-0.1, -0.05) is 23.7 Å². The number of hydrogen-bond donors (Lipinski definition) is 1. The quantitative estimate of drug-likeness (QED) is 0.670. The van der Waals surface area contributed by atoms with Crippen molar-refractivity contribution in [3.05, 3.63) is 47.6 Å². The molecule has 0 saturated heterocycles. The highest BCUT2D eigenvalue weighted by atomic mass is 35.5. The summed E-state index contributed by atoms with van der Waals surface area (Å²) in [6, 6.07) is 11.1. The maximum atomic E-state index is 5.89. The number of aromatic nitrogens is 3. The molecule has 0 fully saturated rings. The molecule has 0 atom stereocenters. The van der Waals surface area contributed by atoms with Gasteiger partial charge in [0.05, 0.1) is 5.02 Å². The van der Waals surface area contributed by atoms with Crippen LogP contribution in [0.15, 0.2) is 42.6 Å². The summed E-state index contributed by atoms with van der Waals surface area (Å²) in [7, 11) is 0. The second-order valence-electron chi connectivity index (χ2n) is 3.71. The normalized spacial score (nSPS) is 10.9. The van der Waals surface area contributed by atoms with E-state index in [2.05, 4.69) is 10.1 Å². The van der Waals surface area contributed by atoms with Gasteiger partial charge in [0.25, 0.3) is 0 Å². The molecule has 0 spiro atoms. The van der Waals surface area contributed by atoms with E-state index in [0.29, 0.717) is 16.5 Å². The summed E-state index contributed by atoms with van der Waals surface area (Å²) < 4.78 is 1.65. The van der Waals surface area contributed by atoms with Crippen LogP contribution in [0.1, 0.15) is 0 Å². The lowest BCUT2D eigenvalue weighted by Crippen LogP contribution is -1.88. The number of benzene rings is 1. The molecule has 3 aromatic rings. The number of nitrogens with two attached hydrogens (primary N) is 1. The van der Waals surface area contributed by atoms with Crippen LogP contribution in [0.3, 0.4) is 0 Å². The fraction of sp³-hybridized carbons (Fsp3) is 0. The molecule has 2 heterocycles. The zero-order valence-corrected chi connectivity index (χ0v) is 9.59. The highest BCUT2D eigenvalue weighted by Gasteiger charge is 2.06. The summed E-state index contributed by atoms with van der Waals surface area (Å²) >= 11 is 5.89. The van der Waals surface area contributed by atoms with Gasteiger partial charge in [-0.2, -0.15) is 0 Å². The minimum atomic E-state index is 0.626. The highest BCUT2D eigenvalue weighted by Crippen LogP contribution is 2.19. The molecule has 5 heteroatoms. The third-order valence-corrected chi connectivity index (χ3v) is 2.66. The molecule has 0 amide bonds. The number of anilines is 1. The van der Waals surface area contributed by atoms with Gasteiger partial charge in [0, 0.05) is 17.4 Å². The van der Waals surface area contributed by atoms with Crippen LogP contribution in [0.25, 0.3) is 17.0 Å². The second kappa shape index (κ2) is 3.75. The summed E-state index contributed by atoms with van der Waals surface area (Å²) in [6.45, 7) is 0. The van der Waals surface area contributed by atoms with E-state index in [1.54, 1.807) is 16.8 Å². The Morgan fingerprint density at radius 3 is 2.88 bits per heavy atom. The summed E-state index contributed by atoms with van der Waals surface area (Å²) in [4.78, 5) is 4.40. The number of pyridine rings is 1. The SMILES string of the molecule is Nc1cccc(-c2nc3ccc(Cl)cn3n2)c1. The molecule has 0 aliphatic carbocycles. The van der Waals surface area contributed by atoms with Crippen LogP contribution in [0.2, 0.25) is 5.02 Å². The van der Waals surface area contributed by atoms with E-state index in [9.17, 15) is 0 Å². The molecule has 1 aromatic carbocycles. The summed E-state index contributed by atoms with van der Waals surface area (Å²) in [5.41, 5.74) is 8.07. The first-order chi connectivity index (χ1) is 8.22. The monoisotopic (exact) mass is 244 g/mol. The van der Waals surface area contributed by atoms with E-state index in [0.717, 1.165) is 11.2 Å². The Bertz CT molecular complexity index is 690. The molecule has 2 N–H and O–H groups in total. The highest BCUT2D eigenvalue weighted by molar-refractivity contribution is 6.30. The van der Waals surface area contributed by atoms with Crippen molar-refractivity contribution in [2.45, 2.75) is 0 Å². The standard InChI is InChI=1S/C12H9ClN4/c13-9-4-5-11-15-12(16-17(11)7-9)8-2-1-3-10(14)6-8/h1-7H,14H2. The van der Waals surface area contributed by atoms with Crippen LogP contribution in [0, 0.1) is 0 Å². The molecule has 2 aromatic heterocycles. The van der Waals surface area contributed by atoms with Crippen molar-refractivity contribution in [1.29, 1.82) is 0 Å². The Morgan fingerprint density at radius 1 is 1.18 bits per heavy atom. The number of nitrogen functional groups attached to an aromatic ring is 1. The van der Waals surface area contributed by atoms with Gasteiger partial charge in [0.1, 0.15) is 0 Å². The smallest absolute Gasteiger partial charge is 0.182 e. The molecule has 0 saturated carbocycles. The molecule has 0 unspecified atom stereocenters. The Kier molecular flexibility index (Phi) is 2.23. The van der Waals surface area contributed by atoms with Gasteiger partial charge in [-0.05, 0) is 24.3 Å². The van der Waals surface area contributed by atoms with Crippen molar-refractivity contribution in [2.75, 3.05) is 5.73 Å². The van der Waals surface area contributed by atoms with Crippen LogP contribution in [0.4, 0.5) is 5.69 Å². The van der Waals surface area contributed by atoms with E-state index in [1.165, 1.54) is 0 Å². The number of fused-ring (bicyclic) bond motifs is 1. The Hall–Kier alpha value is -2.07. The Labute approximate surface area is 103 Å². The van der Waals surface area contributed by atoms with Crippen LogP contribution < -0.4 is 5.73 Å². The van der Waals surface area contributed by atoms with Crippen molar-refractivity contribution < 1.29 is 0 Å². The minimum absolute atomic E-state index is 0.626. The Balaban J connectivity index is 2.18. The van der Waals surface area contributed by atoms with Crippen molar-refractivity contribution in [3.63, 3.8) is 0 Å². The van der Waals surface area contributed by atoms with Crippen LogP contribution in [0.5, 0.6) is 0 Å². The van der Waals surface area contributed by atoms with Crippen molar-refractivity contribution in [3.8, 4) is 11.4 Å². The minimum Gasteiger partial charge on any atom is -0.399 e. The first-order valence-corrected chi connectivity index (χ1v) is 5.48. The molecule has 0 bridgehead atoms. The maximum Gasteiger partial charge on any atom is 0.182 e. The first-order valence-electron chi connectivity index (χ1n) is 5.10. The van der Waals surface area contributed by atoms with Crippen LogP contribution in [-0.4, -0.2) is 14.6 Å². The van der Waals surface area contributed by atoms with E-state index >= 15 is 0 Å². The summed E-state index contributed by atoms with van der Waals surface area (Å²) in [5, 5.41) is 4.98. The molecule has 3 rings (SSSR count). The van der Waals surface area contributed by atoms with Gasteiger partial charge in [-0.15, -0.1) is 5.10 Å². The molecule has 84 valence electrons. The summed E-state index contributed by atoms with van der Waals surface area (Å²) in [6.07, 6.45) is 1.72. The number of hydrogen-bond acceptors (Lipinski definition) is 3. The predicted octanol–water partition coefficient (Wildman–Crippen LogP) is 2.63. The molecule has 0 aliphatic rings. The maximum absolute atomic E-state index is 5.89. The third kappa shape index (κ3) is 1.83. The molecule has 4 nitrogen and oxygen atoms in total. The summed E-state index contributed by atoms with van der Waals surface area (Å²) in [5.74, 6) is 0.638. The van der Waals surface area contributed by atoms with Gasteiger partial charge in [0.2, 0.25) is 0 Å². The van der Waals surface area contributed by atoms with Crippen LogP contribution in [-0.2, 0) is 0 Å². The number of nitrogens with zero attached hydrogens (tertiary/aromatic N) is 3. The van der Waals surface area contributed by atoms with Crippen LogP contribution >= 0.6 is 11.6 Å². The van der Waals surface area contributed by atoms with Crippen molar-refractivity contribution in [1.82, 2.24) is 14.6 Å². The lowest BCUT2D eigenvalue weighted by atomic mass is 10.2. The lowest BCUT2D eigenvalue weighted by Gasteiger charge is -1.95. The topological polar surface area (TPSA) is 56.2 Å². The molecule has 0 aliphatic heterocycles. The molecule has 17 heavy (non-hydrogen) atoms. The largest absolute Gasteiger partial charge is 0.399 e. The van der Waals surface area contributed by atoms with Gasteiger partial charge < -0.3 is 5.73 Å². The third-order valence-electron chi connectivity index (χ3n) is 2.44. The molecular formula is C12H9ClN4. The lowest BCUT2D eigenvalue weighted by molar-refractivity contribution is 0.966. The average Bonchev–Trinajstić information content (AvgIpc) is 2.72. The average molecular weight is 245 g/mol. The van der Waals surface area contributed by atoms with Gasteiger partial charge in [-0.3, -0.25) is 0 Å². The van der Waals surface area contributed by atoms with E-state index in [1.807, 2.05) is 30.3 Å². The number of halogens is 1. The predicted molar refractivity (Wildman–Crippen MR) is 67.8 cm³/mol. The fourth-order valence-electron chi connectivity index (χ4n) is 1.66. The zero-order valence-electron chi connectivity index (χ0n) is 8.84. The van der Waals surface area contributed by atoms with Gasteiger partial charge >= 0.3 is 0 Å². The second-order valence-corrected chi connectivity index (χ2v) is 4.15. The first kappa shape index (κ1) is 10.1. The molecule has 0 radical (unpaired) electrons. The van der Waals surface area contributed by atoms with E-state index < -0.39 is 0 Å². The zero-order chi connectivity index (χ0) is 11.8. The number of rotatable bonds is 1. The van der Waals surface area contributed by atoms with E-state index in [4.69, 9.17) is 17.3 Å². The van der Waals surface area contributed by atoms with E-state index in [-0.39, 0.29) is 0 Å². The van der Waals surface area contributed by atoms with Crippen molar-refractivity contribution >= 4 is 22.9 Å².